The average Bonchev–Trinajstić information content (AvgIpc) is 3.63. The van der Waals surface area contributed by atoms with E-state index in [1.54, 1.807) is 12.1 Å². The van der Waals surface area contributed by atoms with Crippen LogP contribution in [0.2, 0.25) is 0 Å². The van der Waals surface area contributed by atoms with Gasteiger partial charge in [0.15, 0.2) is 0 Å². The maximum Gasteiger partial charge on any atom is 0.471 e. The molecule has 3 aromatic carbocycles. The third-order valence-electron chi connectivity index (χ3n) is 7.31. The number of carboxylic acids is 1. The number of carbonyl (C=O) groups excluding carboxylic acids is 1. The Kier molecular flexibility index (Phi) is 6.16. The van der Waals surface area contributed by atoms with E-state index >= 15 is 0 Å². The van der Waals surface area contributed by atoms with Gasteiger partial charge in [-0.1, -0.05) is 37.3 Å². The monoisotopic (exact) mass is 551 g/mol. The van der Waals surface area contributed by atoms with Crippen LogP contribution in [0.3, 0.4) is 0 Å². The van der Waals surface area contributed by atoms with E-state index in [-0.39, 0.29) is 31.1 Å². The van der Waals surface area contributed by atoms with Gasteiger partial charge in [0, 0.05) is 35.2 Å². The molecule has 1 aromatic heterocycles. The number of nitrogens with zero attached hydrogens (tertiary/aromatic N) is 3. The molecule has 8 nitrogen and oxygen atoms in total. The molecule has 0 unspecified atom stereocenters. The average molecular weight is 552 g/mol. The molecule has 0 saturated carbocycles. The van der Waals surface area contributed by atoms with Crippen molar-refractivity contribution in [2.45, 2.75) is 37.9 Å². The van der Waals surface area contributed by atoms with Crippen molar-refractivity contribution in [3.05, 3.63) is 77.6 Å². The summed E-state index contributed by atoms with van der Waals surface area (Å²) in [4.78, 5) is 29.5. The summed E-state index contributed by atoms with van der Waals surface area (Å²) in [6.07, 6.45) is -4.71. The number of fused-ring (bicyclic) bond motifs is 3. The lowest BCUT2D eigenvalue weighted by molar-refractivity contribution is -0.171. The van der Waals surface area contributed by atoms with Crippen molar-refractivity contribution in [1.29, 1.82) is 0 Å². The van der Waals surface area contributed by atoms with Crippen LogP contribution >= 0.6 is 0 Å². The lowest BCUT2D eigenvalue weighted by Crippen LogP contribution is -2.44. The van der Waals surface area contributed by atoms with Gasteiger partial charge in [0.05, 0.1) is 35.8 Å². The topological polar surface area (TPSA) is 93.9 Å². The second-order valence-corrected chi connectivity index (χ2v) is 9.73. The van der Waals surface area contributed by atoms with Gasteiger partial charge in [-0.05, 0) is 24.3 Å². The Morgan fingerprint density at radius 2 is 1.85 bits per heavy atom. The first-order chi connectivity index (χ1) is 19.2. The number of imidazole rings is 1. The van der Waals surface area contributed by atoms with Gasteiger partial charge in [0.25, 0.3) is 0 Å². The molecule has 0 bridgehead atoms. The number of benzene rings is 3. The minimum atomic E-state index is -5.15. The number of aliphatic carboxylic acids is 1. The number of rotatable bonds is 6. The zero-order valence-electron chi connectivity index (χ0n) is 21.3. The molecule has 0 aliphatic carbocycles. The van der Waals surface area contributed by atoms with E-state index in [0.717, 1.165) is 16.9 Å². The molecule has 3 heterocycles. The highest BCUT2D eigenvalue weighted by Crippen LogP contribution is 2.46. The molecule has 2 aliphatic heterocycles. The van der Waals surface area contributed by atoms with E-state index in [2.05, 4.69) is 0 Å². The first kappa shape index (κ1) is 25.7. The Bertz CT molecular complexity index is 1650. The Morgan fingerprint density at radius 1 is 1.05 bits per heavy atom. The number of amides is 1. The third-order valence-corrected chi connectivity index (χ3v) is 7.31. The number of ether oxygens (including phenoxy) is 2. The number of aromatic nitrogens is 2. The van der Waals surface area contributed by atoms with Crippen LogP contribution in [0, 0.1) is 0 Å². The number of anilines is 1. The molecule has 2 aliphatic rings. The van der Waals surface area contributed by atoms with Crippen molar-refractivity contribution in [2.75, 3.05) is 18.1 Å². The van der Waals surface area contributed by atoms with Crippen molar-refractivity contribution >= 4 is 28.6 Å². The minimum Gasteiger partial charge on any atom is -0.493 e. The lowest BCUT2D eigenvalue weighted by atomic mass is 9.97. The summed E-state index contributed by atoms with van der Waals surface area (Å²) in [5.74, 6) is -2.08. The molecule has 1 amide bonds. The number of carboxylic acid groups (broad SMARTS) is 1. The molecule has 206 valence electrons. The fourth-order valence-electron chi connectivity index (χ4n) is 5.56. The van der Waals surface area contributed by atoms with Crippen LogP contribution in [0.1, 0.15) is 42.3 Å². The molecule has 0 spiro atoms. The number of halogens is 3. The summed E-state index contributed by atoms with van der Waals surface area (Å²) >= 11 is 0. The molecular weight excluding hydrogens is 527 g/mol. The largest absolute Gasteiger partial charge is 0.493 e. The summed E-state index contributed by atoms with van der Waals surface area (Å²) in [5.41, 5.74) is 3.22. The highest BCUT2D eigenvalue weighted by atomic mass is 19.4. The number of hydrogen-bond acceptors (Lipinski definition) is 5. The van der Waals surface area contributed by atoms with E-state index in [0.29, 0.717) is 33.9 Å². The summed E-state index contributed by atoms with van der Waals surface area (Å²) in [6.45, 7) is 1.86. The number of aryl methyl sites for hydroxylation is 1. The van der Waals surface area contributed by atoms with Crippen molar-refractivity contribution in [2.24, 2.45) is 0 Å². The highest BCUT2D eigenvalue weighted by Gasteiger charge is 2.48. The quantitative estimate of drug-likeness (QED) is 0.337. The van der Waals surface area contributed by atoms with E-state index in [4.69, 9.17) is 14.5 Å². The van der Waals surface area contributed by atoms with Crippen LogP contribution in [0.5, 0.6) is 11.5 Å². The van der Waals surface area contributed by atoms with Crippen LogP contribution in [-0.2, 0) is 16.0 Å². The zero-order chi connectivity index (χ0) is 28.2. The Balaban J connectivity index is 1.45. The normalized spacial score (nSPS) is 17.7. The van der Waals surface area contributed by atoms with Crippen LogP contribution < -0.4 is 14.4 Å². The van der Waals surface area contributed by atoms with E-state index in [1.165, 1.54) is 18.2 Å². The van der Waals surface area contributed by atoms with Gasteiger partial charge in [-0.2, -0.15) is 13.2 Å². The van der Waals surface area contributed by atoms with Gasteiger partial charge < -0.3 is 14.6 Å². The van der Waals surface area contributed by atoms with Crippen molar-refractivity contribution in [3.63, 3.8) is 0 Å². The smallest absolute Gasteiger partial charge is 0.471 e. The number of alkyl halides is 3. The fraction of sp³-hybridized carbons (Fsp3) is 0.276. The van der Waals surface area contributed by atoms with Gasteiger partial charge >= 0.3 is 18.1 Å². The molecule has 0 fully saturated rings. The van der Waals surface area contributed by atoms with Crippen LogP contribution in [-0.4, -0.2) is 45.9 Å². The van der Waals surface area contributed by atoms with Crippen molar-refractivity contribution < 1.29 is 37.3 Å². The first-order valence-electron chi connectivity index (χ1n) is 12.8. The number of para-hydroxylation sites is 3. The Morgan fingerprint density at radius 3 is 2.60 bits per heavy atom. The summed E-state index contributed by atoms with van der Waals surface area (Å²) in [6, 6.07) is 16.0. The molecular formula is C29H24F3N3O5. The number of hydrogen-bond donors (Lipinski definition) is 1. The Labute approximate surface area is 226 Å². The summed E-state index contributed by atoms with van der Waals surface area (Å²) in [5, 5.41) is 9.17. The van der Waals surface area contributed by atoms with Gasteiger partial charge in [0.2, 0.25) is 0 Å². The Hall–Kier alpha value is -4.54. The predicted molar refractivity (Wildman–Crippen MR) is 139 cm³/mol. The molecule has 11 heteroatoms. The molecule has 0 radical (unpaired) electrons. The van der Waals surface area contributed by atoms with Crippen LogP contribution in [0.15, 0.2) is 60.7 Å². The molecule has 0 saturated heterocycles. The van der Waals surface area contributed by atoms with Gasteiger partial charge in [-0.3, -0.25) is 19.1 Å². The van der Waals surface area contributed by atoms with E-state index < -0.39 is 30.0 Å². The van der Waals surface area contributed by atoms with E-state index in [1.807, 2.05) is 41.8 Å². The van der Waals surface area contributed by atoms with Gasteiger partial charge in [0.1, 0.15) is 23.9 Å². The molecule has 2 atom stereocenters. The maximum absolute atomic E-state index is 13.9. The first-order valence-corrected chi connectivity index (χ1v) is 12.8. The summed E-state index contributed by atoms with van der Waals surface area (Å²) < 4.78 is 55.4. The van der Waals surface area contributed by atoms with Gasteiger partial charge in [-0.15, -0.1) is 0 Å². The zero-order valence-corrected chi connectivity index (χ0v) is 21.3. The third kappa shape index (κ3) is 4.21. The SMILES string of the molecule is CCc1nc2ccccc2n1-c1cccc2c1OC[C@H]2N(C(=O)C(F)(F)F)c1ccc2c(c1)OC[C@H]2CC(=O)O. The molecule has 40 heavy (non-hydrogen) atoms. The molecule has 4 aromatic rings. The van der Waals surface area contributed by atoms with Crippen LogP contribution in [0.25, 0.3) is 16.7 Å². The number of carbonyl (C=O) groups is 2. The molecule has 6 rings (SSSR count). The second kappa shape index (κ2) is 9.58. The van der Waals surface area contributed by atoms with Crippen LogP contribution in [0.4, 0.5) is 18.9 Å². The highest BCUT2D eigenvalue weighted by molar-refractivity contribution is 5.98. The van der Waals surface area contributed by atoms with Crippen molar-refractivity contribution in [3.8, 4) is 17.2 Å². The standard InChI is InChI=1S/C29H24F3N3O5/c1-2-25-33-20-7-3-4-8-21(20)35(25)22-9-5-6-19-23(15-40-27(19)22)34(28(38)29(30,31)32)17-10-11-18-16(12-26(36)37)14-39-24(18)13-17/h3-11,13,16,23H,2,12,14-15H2,1H3,(H,36,37)/t16-,23-/m1/s1. The minimum absolute atomic E-state index is 0.0220. The molecule has 1 N–H and O–H groups in total. The summed E-state index contributed by atoms with van der Waals surface area (Å²) in [7, 11) is 0. The van der Waals surface area contributed by atoms with Crippen molar-refractivity contribution in [1.82, 2.24) is 9.55 Å². The second-order valence-electron chi connectivity index (χ2n) is 9.73. The lowest BCUT2D eigenvalue weighted by Gasteiger charge is -2.29. The maximum atomic E-state index is 13.9. The fourth-order valence-corrected chi connectivity index (χ4v) is 5.56. The van der Waals surface area contributed by atoms with Gasteiger partial charge in [-0.25, -0.2) is 4.98 Å². The predicted octanol–water partition coefficient (Wildman–Crippen LogP) is 5.57. The van der Waals surface area contributed by atoms with E-state index in [9.17, 15) is 27.9 Å².